The molecular weight excluding hydrogens is 315 g/mol. The summed E-state index contributed by atoms with van der Waals surface area (Å²) in [4.78, 5) is 28.1. The largest absolute Gasteiger partial charge is 0.411 e. The van der Waals surface area contributed by atoms with Gasteiger partial charge in [-0.05, 0) is 18.6 Å². The molecule has 2 rings (SSSR count). The zero-order chi connectivity index (χ0) is 17.0. The Bertz CT molecular complexity index is 771. The van der Waals surface area contributed by atoms with E-state index in [-0.39, 0.29) is 18.7 Å². The fourth-order valence-electron chi connectivity index (χ4n) is 1.86. The summed E-state index contributed by atoms with van der Waals surface area (Å²) >= 11 is 0. The molecule has 6 nitrogen and oxygen atoms in total. The maximum atomic E-state index is 12.2. The first-order valence-corrected chi connectivity index (χ1v) is 6.68. The Morgan fingerprint density at radius 3 is 2.83 bits per heavy atom. The molecular formula is C14H14F3N3O3. The lowest BCUT2D eigenvalue weighted by molar-refractivity contribution is -0.173. The van der Waals surface area contributed by atoms with Crippen molar-refractivity contribution in [3.05, 3.63) is 46.0 Å². The molecule has 0 bridgehead atoms. The number of alkyl halides is 3. The minimum absolute atomic E-state index is 0.148. The molecule has 2 heterocycles. The molecule has 1 N–H and O–H groups in total. The minimum Gasteiger partial charge on any atom is -0.370 e. The summed E-state index contributed by atoms with van der Waals surface area (Å²) < 4.78 is 41.2. The van der Waals surface area contributed by atoms with Crippen molar-refractivity contribution in [2.45, 2.75) is 13.1 Å². The van der Waals surface area contributed by atoms with Crippen LogP contribution >= 0.6 is 0 Å². The highest BCUT2D eigenvalue weighted by Gasteiger charge is 2.27. The number of carbonyl (C=O) groups excluding carboxylic acids is 1. The van der Waals surface area contributed by atoms with Crippen LogP contribution < -0.4 is 10.9 Å². The van der Waals surface area contributed by atoms with E-state index in [1.165, 1.54) is 4.40 Å². The fourth-order valence-corrected chi connectivity index (χ4v) is 1.86. The van der Waals surface area contributed by atoms with Gasteiger partial charge in [0.05, 0.1) is 6.61 Å². The number of hydrogen-bond acceptors (Lipinski definition) is 4. The number of aromatic nitrogens is 2. The van der Waals surface area contributed by atoms with E-state index in [0.717, 1.165) is 11.8 Å². The lowest BCUT2D eigenvalue weighted by Gasteiger charge is -2.09. The van der Waals surface area contributed by atoms with Gasteiger partial charge in [-0.1, -0.05) is 6.07 Å². The van der Waals surface area contributed by atoms with Crippen LogP contribution in [0.1, 0.15) is 15.9 Å². The highest BCUT2D eigenvalue weighted by molar-refractivity contribution is 5.93. The Kier molecular flexibility index (Phi) is 4.99. The van der Waals surface area contributed by atoms with E-state index in [1.54, 1.807) is 25.3 Å². The van der Waals surface area contributed by atoms with Crippen molar-refractivity contribution in [3.63, 3.8) is 0 Å². The maximum Gasteiger partial charge on any atom is 0.411 e. The van der Waals surface area contributed by atoms with Crippen LogP contribution in [0.4, 0.5) is 13.2 Å². The number of amides is 1. The standard InChI is InChI=1S/C14H14F3N3O3/c1-9-2-3-11-19-6-10(13(22)20(11)7-9)12(21)18-4-5-23-8-14(15,16)17/h2-3,6-7H,4-5,8H2,1H3,(H,18,21). The van der Waals surface area contributed by atoms with Gasteiger partial charge in [-0.15, -0.1) is 0 Å². The second kappa shape index (κ2) is 6.78. The van der Waals surface area contributed by atoms with Crippen LogP contribution in [-0.2, 0) is 4.74 Å². The second-order valence-corrected chi connectivity index (χ2v) is 4.84. The highest BCUT2D eigenvalue weighted by atomic mass is 19.4. The van der Waals surface area contributed by atoms with Gasteiger partial charge < -0.3 is 10.1 Å². The van der Waals surface area contributed by atoms with Crippen molar-refractivity contribution in [3.8, 4) is 0 Å². The van der Waals surface area contributed by atoms with Gasteiger partial charge in [-0.2, -0.15) is 13.2 Å². The predicted octanol–water partition coefficient (Wildman–Crippen LogP) is 1.31. The third-order valence-corrected chi connectivity index (χ3v) is 2.89. The van der Waals surface area contributed by atoms with Gasteiger partial charge in [-0.25, -0.2) is 4.98 Å². The monoisotopic (exact) mass is 329 g/mol. The topological polar surface area (TPSA) is 72.7 Å². The molecule has 0 aromatic carbocycles. The molecule has 2 aromatic rings. The van der Waals surface area contributed by atoms with Crippen molar-refractivity contribution < 1.29 is 22.7 Å². The number of fused-ring (bicyclic) bond motifs is 1. The summed E-state index contributed by atoms with van der Waals surface area (Å²) in [5, 5.41) is 2.32. The van der Waals surface area contributed by atoms with Crippen LogP contribution in [0.25, 0.3) is 5.65 Å². The number of aryl methyl sites for hydroxylation is 1. The number of pyridine rings is 1. The molecule has 2 aromatic heterocycles. The van der Waals surface area contributed by atoms with Gasteiger partial charge in [0.25, 0.3) is 11.5 Å². The average molecular weight is 329 g/mol. The Balaban J connectivity index is 2.01. The molecule has 0 aliphatic carbocycles. The van der Waals surface area contributed by atoms with Gasteiger partial charge in [-0.3, -0.25) is 14.0 Å². The first kappa shape index (κ1) is 16.9. The average Bonchev–Trinajstić information content (AvgIpc) is 2.46. The fraction of sp³-hybridized carbons (Fsp3) is 0.357. The lowest BCUT2D eigenvalue weighted by atomic mass is 10.2. The van der Waals surface area contributed by atoms with E-state index < -0.39 is 24.2 Å². The van der Waals surface area contributed by atoms with Gasteiger partial charge in [0.2, 0.25) is 0 Å². The Hall–Kier alpha value is -2.42. The summed E-state index contributed by atoms with van der Waals surface area (Å²) in [6, 6.07) is 3.42. The molecule has 0 aliphatic heterocycles. The maximum absolute atomic E-state index is 12.2. The molecule has 0 atom stereocenters. The van der Waals surface area contributed by atoms with E-state index in [2.05, 4.69) is 15.0 Å². The lowest BCUT2D eigenvalue weighted by Crippen LogP contribution is -2.34. The summed E-state index contributed by atoms with van der Waals surface area (Å²) in [6.07, 6.45) is -1.73. The molecule has 0 saturated carbocycles. The van der Waals surface area contributed by atoms with Crippen LogP contribution in [0.15, 0.2) is 29.3 Å². The number of rotatable bonds is 5. The quantitative estimate of drug-likeness (QED) is 0.840. The number of carbonyl (C=O) groups is 1. The van der Waals surface area contributed by atoms with Crippen LogP contribution in [0.5, 0.6) is 0 Å². The first-order valence-electron chi connectivity index (χ1n) is 6.68. The summed E-state index contributed by atoms with van der Waals surface area (Å²) in [6.45, 7) is -0.0590. The zero-order valence-electron chi connectivity index (χ0n) is 12.2. The molecule has 124 valence electrons. The predicted molar refractivity (Wildman–Crippen MR) is 75.4 cm³/mol. The number of nitrogens with zero attached hydrogens (tertiary/aromatic N) is 2. The third kappa shape index (κ3) is 4.52. The van der Waals surface area contributed by atoms with Crippen LogP contribution in [0.3, 0.4) is 0 Å². The van der Waals surface area contributed by atoms with Crippen LogP contribution in [0.2, 0.25) is 0 Å². The van der Waals surface area contributed by atoms with E-state index in [9.17, 15) is 22.8 Å². The SMILES string of the molecule is Cc1ccc2ncc(C(=O)NCCOCC(F)(F)F)c(=O)n2c1. The first-order chi connectivity index (χ1) is 10.8. The van der Waals surface area contributed by atoms with Crippen LogP contribution in [-0.4, -0.2) is 41.2 Å². The Morgan fingerprint density at radius 1 is 1.39 bits per heavy atom. The van der Waals surface area contributed by atoms with Gasteiger partial charge >= 0.3 is 6.18 Å². The molecule has 0 fully saturated rings. The van der Waals surface area contributed by atoms with Gasteiger partial charge in [0.1, 0.15) is 17.8 Å². The number of nitrogens with one attached hydrogen (secondary N) is 1. The van der Waals surface area contributed by atoms with Crippen molar-refractivity contribution in [2.24, 2.45) is 0 Å². The van der Waals surface area contributed by atoms with Crippen LogP contribution in [0, 0.1) is 6.92 Å². The Labute approximate surface area is 128 Å². The van der Waals surface area contributed by atoms with Crippen molar-refractivity contribution in [1.29, 1.82) is 0 Å². The van der Waals surface area contributed by atoms with E-state index in [4.69, 9.17) is 0 Å². The smallest absolute Gasteiger partial charge is 0.370 e. The third-order valence-electron chi connectivity index (χ3n) is 2.89. The molecule has 0 unspecified atom stereocenters. The molecule has 23 heavy (non-hydrogen) atoms. The molecule has 1 amide bonds. The zero-order valence-corrected chi connectivity index (χ0v) is 12.2. The molecule has 0 radical (unpaired) electrons. The molecule has 0 spiro atoms. The minimum atomic E-state index is -4.41. The van der Waals surface area contributed by atoms with Crippen molar-refractivity contribution in [1.82, 2.24) is 14.7 Å². The van der Waals surface area contributed by atoms with Crippen molar-refractivity contribution in [2.75, 3.05) is 19.8 Å². The van der Waals surface area contributed by atoms with Crippen molar-refractivity contribution >= 4 is 11.6 Å². The van der Waals surface area contributed by atoms with Gasteiger partial charge in [0, 0.05) is 18.9 Å². The molecule has 0 saturated heterocycles. The van der Waals surface area contributed by atoms with E-state index in [1.807, 2.05) is 0 Å². The normalized spacial score (nSPS) is 11.7. The summed E-state index contributed by atoms with van der Waals surface area (Å²) in [5.41, 5.74) is 0.474. The van der Waals surface area contributed by atoms with E-state index in [0.29, 0.717) is 5.65 Å². The number of ether oxygens (including phenoxy) is 1. The number of halogens is 3. The summed E-state index contributed by atoms with van der Waals surface area (Å²) in [7, 11) is 0. The number of hydrogen-bond donors (Lipinski definition) is 1. The summed E-state index contributed by atoms with van der Waals surface area (Å²) in [5.74, 6) is -0.714. The van der Waals surface area contributed by atoms with Gasteiger partial charge in [0.15, 0.2) is 0 Å². The second-order valence-electron chi connectivity index (χ2n) is 4.84. The Morgan fingerprint density at radius 2 is 2.13 bits per heavy atom. The highest BCUT2D eigenvalue weighted by Crippen LogP contribution is 2.13. The molecule has 9 heteroatoms. The molecule has 0 aliphatic rings. The van der Waals surface area contributed by atoms with E-state index >= 15 is 0 Å².